The van der Waals surface area contributed by atoms with E-state index in [1.54, 1.807) is 12.1 Å². The molecule has 110 valence electrons. The van der Waals surface area contributed by atoms with Gasteiger partial charge in [-0.1, -0.05) is 46.7 Å². The number of aliphatic hydroxyl groups excluding tert-OH is 1. The van der Waals surface area contributed by atoms with Crippen molar-refractivity contribution < 1.29 is 14.4 Å². The summed E-state index contributed by atoms with van der Waals surface area (Å²) in [6, 6.07) is 1.71. The SMILES string of the molecule is CC(C)(C)C1=CC(O)N(c2cc(C(C)(C)C)on2)C1=O. The van der Waals surface area contributed by atoms with E-state index >= 15 is 0 Å². The second kappa shape index (κ2) is 4.45. The van der Waals surface area contributed by atoms with Crippen molar-refractivity contribution in [1.82, 2.24) is 5.16 Å². The van der Waals surface area contributed by atoms with Crippen LogP contribution in [0.5, 0.6) is 0 Å². The topological polar surface area (TPSA) is 66.6 Å². The fourth-order valence-corrected chi connectivity index (χ4v) is 2.09. The predicted octanol–water partition coefficient (Wildman–Crippen LogP) is 2.61. The number of hydrogen-bond donors (Lipinski definition) is 1. The normalized spacial score (nSPS) is 20.6. The molecule has 20 heavy (non-hydrogen) atoms. The van der Waals surface area contributed by atoms with Gasteiger partial charge < -0.3 is 9.63 Å². The fourth-order valence-electron chi connectivity index (χ4n) is 2.09. The molecule has 1 aliphatic heterocycles. The van der Waals surface area contributed by atoms with Crippen molar-refractivity contribution in [2.75, 3.05) is 4.90 Å². The maximum Gasteiger partial charge on any atom is 0.258 e. The minimum absolute atomic E-state index is 0.195. The average Bonchev–Trinajstić information content (AvgIpc) is 2.81. The minimum atomic E-state index is -0.991. The first-order chi connectivity index (χ1) is 9.01. The van der Waals surface area contributed by atoms with E-state index < -0.39 is 6.23 Å². The largest absolute Gasteiger partial charge is 0.369 e. The summed E-state index contributed by atoms with van der Waals surface area (Å²) in [7, 11) is 0. The second-order valence-corrected chi connectivity index (χ2v) is 7.22. The molecule has 1 unspecified atom stereocenters. The van der Waals surface area contributed by atoms with Gasteiger partial charge in [-0.05, 0) is 11.5 Å². The van der Waals surface area contributed by atoms with Crippen molar-refractivity contribution in [1.29, 1.82) is 0 Å². The molecular weight excluding hydrogens is 256 g/mol. The molecule has 2 rings (SSSR count). The van der Waals surface area contributed by atoms with Gasteiger partial charge in [0.2, 0.25) is 0 Å². The molecule has 1 aliphatic rings. The zero-order valence-electron chi connectivity index (χ0n) is 12.9. The minimum Gasteiger partial charge on any atom is -0.369 e. The molecule has 0 aliphatic carbocycles. The average molecular weight is 278 g/mol. The lowest BCUT2D eigenvalue weighted by Crippen LogP contribution is -2.36. The molecule has 1 aromatic rings. The number of rotatable bonds is 1. The summed E-state index contributed by atoms with van der Waals surface area (Å²) in [4.78, 5) is 13.7. The van der Waals surface area contributed by atoms with Gasteiger partial charge in [-0.25, -0.2) is 0 Å². The summed E-state index contributed by atoms with van der Waals surface area (Å²) in [5, 5.41) is 14.0. The van der Waals surface area contributed by atoms with Crippen LogP contribution in [0.1, 0.15) is 47.3 Å². The number of anilines is 1. The highest BCUT2D eigenvalue weighted by Gasteiger charge is 2.39. The molecule has 5 heteroatoms. The Labute approximate surface area is 119 Å². The van der Waals surface area contributed by atoms with Crippen LogP contribution < -0.4 is 4.90 Å². The van der Waals surface area contributed by atoms with Gasteiger partial charge in [-0.2, -0.15) is 0 Å². The van der Waals surface area contributed by atoms with Crippen molar-refractivity contribution in [3.63, 3.8) is 0 Å². The van der Waals surface area contributed by atoms with Crippen molar-refractivity contribution in [2.45, 2.75) is 53.2 Å². The van der Waals surface area contributed by atoms with E-state index in [1.165, 1.54) is 4.90 Å². The molecule has 1 aromatic heterocycles. The summed E-state index contributed by atoms with van der Waals surface area (Å²) in [6.45, 7) is 11.8. The number of carbonyl (C=O) groups is 1. The Hall–Kier alpha value is -1.62. The van der Waals surface area contributed by atoms with E-state index in [1.807, 2.05) is 41.5 Å². The van der Waals surface area contributed by atoms with Crippen LogP contribution in [0.3, 0.4) is 0 Å². The Morgan fingerprint density at radius 2 is 1.80 bits per heavy atom. The maximum atomic E-state index is 12.4. The van der Waals surface area contributed by atoms with Crippen LogP contribution in [0.25, 0.3) is 0 Å². The lowest BCUT2D eigenvalue weighted by atomic mass is 9.86. The van der Waals surface area contributed by atoms with Crippen molar-refractivity contribution in [3.8, 4) is 0 Å². The Morgan fingerprint density at radius 3 is 2.20 bits per heavy atom. The van der Waals surface area contributed by atoms with Gasteiger partial charge in [-0.3, -0.25) is 9.69 Å². The van der Waals surface area contributed by atoms with E-state index in [2.05, 4.69) is 5.16 Å². The molecular formula is C15H22N2O3. The van der Waals surface area contributed by atoms with E-state index in [0.29, 0.717) is 17.2 Å². The number of aliphatic hydroxyl groups is 1. The lowest BCUT2D eigenvalue weighted by molar-refractivity contribution is -0.116. The molecule has 1 amide bonds. The summed E-state index contributed by atoms with van der Waals surface area (Å²) >= 11 is 0. The van der Waals surface area contributed by atoms with Crippen LogP contribution in [0.4, 0.5) is 5.82 Å². The fraction of sp³-hybridized carbons (Fsp3) is 0.600. The third kappa shape index (κ3) is 2.50. The monoisotopic (exact) mass is 278 g/mol. The highest BCUT2D eigenvalue weighted by molar-refractivity contribution is 6.09. The molecule has 0 aromatic carbocycles. The van der Waals surface area contributed by atoms with Gasteiger partial charge in [0.25, 0.3) is 5.91 Å². The lowest BCUT2D eigenvalue weighted by Gasteiger charge is -2.21. The van der Waals surface area contributed by atoms with Crippen LogP contribution in [0.15, 0.2) is 22.2 Å². The quantitative estimate of drug-likeness (QED) is 0.857. The molecule has 0 radical (unpaired) electrons. The van der Waals surface area contributed by atoms with Crippen LogP contribution in [-0.2, 0) is 10.2 Å². The van der Waals surface area contributed by atoms with Crippen molar-refractivity contribution in [3.05, 3.63) is 23.5 Å². The maximum absolute atomic E-state index is 12.4. The third-order valence-electron chi connectivity index (χ3n) is 3.32. The van der Waals surface area contributed by atoms with Crippen LogP contribution in [-0.4, -0.2) is 22.4 Å². The number of hydrogen-bond acceptors (Lipinski definition) is 4. The number of aromatic nitrogens is 1. The molecule has 0 saturated heterocycles. The van der Waals surface area contributed by atoms with Gasteiger partial charge in [0.15, 0.2) is 12.0 Å². The molecule has 5 nitrogen and oxygen atoms in total. The Morgan fingerprint density at radius 1 is 1.20 bits per heavy atom. The predicted molar refractivity (Wildman–Crippen MR) is 76.2 cm³/mol. The van der Waals surface area contributed by atoms with Gasteiger partial charge in [0, 0.05) is 17.1 Å². The molecule has 1 atom stereocenters. The first-order valence-corrected chi connectivity index (χ1v) is 6.73. The molecule has 0 fully saturated rings. The van der Waals surface area contributed by atoms with Crippen molar-refractivity contribution in [2.24, 2.45) is 5.41 Å². The zero-order chi connectivity index (χ0) is 15.3. The molecule has 0 saturated carbocycles. The first-order valence-electron chi connectivity index (χ1n) is 6.73. The molecule has 0 bridgehead atoms. The second-order valence-electron chi connectivity index (χ2n) is 7.22. The smallest absolute Gasteiger partial charge is 0.258 e. The highest BCUT2D eigenvalue weighted by Crippen LogP contribution is 2.35. The van der Waals surface area contributed by atoms with Gasteiger partial charge >= 0.3 is 0 Å². The summed E-state index contributed by atoms with van der Waals surface area (Å²) in [6.07, 6.45) is 0.586. The van der Waals surface area contributed by atoms with Crippen LogP contribution >= 0.6 is 0 Å². The van der Waals surface area contributed by atoms with Gasteiger partial charge in [0.1, 0.15) is 5.76 Å². The number of amides is 1. The summed E-state index contributed by atoms with van der Waals surface area (Å²) < 4.78 is 5.28. The molecule has 1 N–H and O–H groups in total. The zero-order valence-corrected chi connectivity index (χ0v) is 12.9. The van der Waals surface area contributed by atoms with Crippen molar-refractivity contribution >= 4 is 11.7 Å². The van der Waals surface area contributed by atoms with E-state index in [-0.39, 0.29) is 16.7 Å². The first kappa shape index (κ1) is 14.8. The Kier molecular flexibility index (Phi) is 3.29. The van der Waals surface area contributed by atoms with E-state index in [0.717, 1.165) is 0 Å². The number of nitrogens with zero attached hydrogens (tertiary/aromatic N) is 2. The summed E-state index contributed by atoms with van der Waals surface area (Å²) in [5.74, 6) is 0.804. The Bertz CT molecular complexity index is 558. The Balaban J connectivity index is 2.32. The molecule has 2 heterocycles. The standard InChI is InChI=1S/C15H22N2O3/c1-14(2,3)9-7-12(18)17(13(9)19)11-8-10(20-16-11)15(4,5)6/h7-8,12,18H,1-6H3. The van der Waals surface area contributed by atoms with E-state index in [9.17, 15) is 9.90 Å². The van der Waals surface area contributed by atoms with Gasteiger partial charge in [0.05, 0.1) is 0 Å². The van der Waals surface area contributed by atoms with Crippen LogP contribution in [0.2, 0.25) is 0 Å². The van der Waals surface area contributed by atoms with Gasteiger partial charge in [-0.15, -0.1) is 0 Å². The van der Waals surface area contributed by atoms with E-state index in [4.69, 9.17) is 4.52 Å². The third-order valence-corrected chi connectivity index (χ3v) is 3.32. The van der Waals surface area contributed by atoms with Crippen LogP contribution in [0, 0.1) is 5.41 Å². The number of carbonyl (C=O) groups excluding carboxylic acids is 1. The molecule has 0 spiro atoms. The summed E-state index contributed by atoms with van der Waals surface area (Å²) in [5.41, 5.74) is 0.0770. The highest BCUT2D eigenvalue weighted by atomic mass is 16.5.